The summed E-state index contributed by atoms with van der Waals surface area (Å²) in [6.45, 7) is 2.58. The molecule has 5 heteroatoms. The zero-order chi connectivity index (χ0) is 16.7. The number of pyridine rings is 1. The molecule has 1 aromatic heterocycles. The topological polar surface area (TPSA) is 54.5 Å². The second-order valence-electron chi connectivity index (χ2n) is 5.12. The number of benzene rings is 1. The number of anilines is 2. The summed E-state index contributed by atoms with van der Waals surface area (Å²) in [5.41, 5.74) is 1.91. The van der Waals surface area contributed by atoms with Gasteiger partial charge in [-0.05, 0) is 42.8 Å². The zero-order valence-electron chi connectivity index (χ0n) is 13.6. The van der Waals surface area contributed by atoms with Gasteiger partial charge in [-0.1, -0.05) is 12.1 Å². The maximum absolute atomic E-state index is 11.9. The minimum absolute atomic E-state index is 0.219. The fourth-order valence-electron chi connectivity index (χ4n) is 1.91. The molecule has 1 amide bonds. The summed E-state index contributed by atoms with van der Waals surface area (Å²) in [5, 5.41) is 2.73. The Hall–Kier alpha value is -2.82. The molecule has 0 radical (unpaired) electrons. The van der Waals surface area contributed by atoms with E-state index in [1.54, 1.807) is 18.3 Å². The summed E-state index contributed by atoms with van der Waals surface area (Å²) in [4.78, 5) is 18.1. The van der Waals surface area contributed by atoms with Crippen LogP contribution in [0, 0.1) is 0 Å². The standard InChI is InChI=1S/C18H21N3O2/c1-4-23-16-9-5-14(6-10-16)7-12-18(22)20-17-11-8-15(13-19-17)21(2)3/h5-13H,4H2,1-3H3,(H,19,20,22)/b12-7-. The molecule has 5 nitrogen and oxygen atoms in total. The van der Waals surface area contributed by atoms with Crippen LogP contribution in [0.5, 0.6) is 5.75 Å². The van der Waals surface area contributed by atoms with E-state index in [0.29, 0.717) is 12.4 Å². The zero-order valence-corrected chi connectivity index (χ0v) is 13.6. The summed E-state index contributed by atoms with van der Waals surface area (Å²) in [6, 6.07) is 11.2. The van der Waals surface area contributed by atoms with Gasteiger partial charge in [-0.3, -0.25) is 4.79 Å². The van der Waals surface area contributed by atoms with Gasteiger partial charge in [0.15, 0.2) is 0 Å². The van der Waals surface area contributed by atoms with Gasteiger partial charge < -0.3 is 15.0 Å². The highest BCUT2D eigenvalue weighted by atomic mass is 16.5. The molecule has 1 N–H and O–H groups in total. The van der Waals surface area contributed by atoms with Crippen molar-refractivity contribution in [3.05, 3.63) is 54.2 Å². The Morgan fingerprint density at radius 2 is 1.96 bits per heavy atom. The highest BCUT2D eigenvalue weighted by Gasteiger charge is 2.01. The maximum Gasteiger partial charge on any atom is 0.249 e. The molecule has 23 heavy (non-hydrogen) atoms. The monoisotopic (exact) mass is 311 g/mol. The number of hydrogen-bond acceptors (Lipinski definition) is 4. The van der Waals surface area contributed by atoms with Gasteiger partial charge in [0.25, 0.3) is 0 Å². The summed E-state index contributed by atoms with van der Waals surface area (Å²) in [7, 11) is 3.88. The number of carbonyl (C=O) groups is 1. The number of aromatic nitrogens is 1. The predicted octanol–water partition coefficient (Wildman–Crippen LogP) is 3.20. The summed E-state index contributed by atoms with van der Waals surface area (Å²) in [5.74, 6) is 1.13. The second kappa shape index (κ2) is 7.98. The van der Waals surface area contributed by atoms with Gasteiger partial charge >= 0.3 is 0 Å². The molecule has 0 aliphatic rings. The van der Waals surface area contributed by atoms with Crippen molar-refractivity contribution >= 4 is 23.5 Å². The van der Waals surface area contributed by atoms with Gasteiger partial charge in [-0.15, -0.1) is 0 Å². The molecule has 2 aromatic rings. The van der Waals surface area contributed by atoms with Crippen LogP contribution in [0.1, 0.15) is 12.5 Å². The number of ether oxygens (including phenoxy) is 1. The van der Waals surface area contributed by atoms with Crippen LogP contribution >= 0.6 is 0 Å². The first-order chi connectivity index (χ1) is 11.1. The Morgan fingerprint density at radius 3 is 2.52 bits per heavy atom. The molecule has 0 atom stereocenters. The van der Waals surface area contributed by atoms with Crippen LogP contribution < -0.4 is 15.0 Å². The first kappa shape index (κ1) is 16.5. The fraction of sp³-hybridized carbons (Fsp3) is 0.222. The van der Waals surface area contributed by atoms with Crippen LogP contribution in [-0.2, 0) is 4.79 Å². The third-order valence-corrected chi connectivity index (χ3v) is 3.13. The van der Waals surface area contributed by atoms with Crippen molar-refractivity contribution in [2.75, 3.05) is 30.9 Å². The van der Waals surface area contributed by atoms with Crippen molar-refractivity contribution in [2.24, 2.45) is 0 Å². The Bertz CT molecular complexity index is 662. The smallest absolute Gasteiger partial charge is 0.249 e. The molecule has 0 aliphatic carbocycles. The lowest BCUT2D eigenvalue weighted by atomic mass is 10.2. The van der Waals surface area contributed by atoms with Gasteiger partial charge in [0.1, 0.15) is 11.6 Å². The van der Waals surface area contributed by atoms with E-state index >= 15 is 0 Å². The van der Waals surface area contributed by atoms with Crippen molar-refractivity contribution in [1.29, 1.82) is 0 Å². The number of carbonyl (C=O) groups excluding carboxylic acids is 1. The van der Waals surface area contributed by atoms with Crippen LogP contribution in [0.15, 0.2) is 48.7 Å². The van der Waals surface area contributed by atoms with Gasteiger partial charge in [0.2, 0.25) is 5.91 Å². The van der Waals surface area contributed by atoms with Crippen molar-refractivity contribution in [1.82, 2.24) is 4.98 Å². The normalized spacial score (nSPS) is 10.6. The minimum Gasteiger partial charge on any atom is -0.494 e. The van der Waals surface area contributed by atoms with Crippen LogP contribution in [0.3, 0.4) is 0 Å². The van der Waals surface area contributed by atoms with E-state index in [1.165, 1.54) is 6.08 Å². The number of rotatable bonds is 6. The Kier molecular flexibility index (Phi) is 5.74. The van der Waals surface area contributed by atoms with Crippen LogP contribution in [0.25, 0.3) is 6.08 Å². The summed E-state index contributed by atoms with van der Waals surface area (Å²) in [6.07, 6.45) is 4.95. The van der Waals surface area contributed by atoms with Crippen LogP contribution in [-0.4, -0.2) is 31.6 Å². The van der Waals surface area contributed by atoms with Crippen molar-refractivity contribution in [3.8, 4) is 5.75 Å². The predicted molar refractivity (Wildman–Crippen MR) is 93.8 cm³/mol. The van der Waals surface area contributed by atoms with Crippen molar-refractivity contribution in [2.45, 2.75) is 6.92 Å². The van der Waals surface area contributed by atoms with Gasteiger partial charge in [0.05, 0.1) is 18.5 Å². The molecule has 0 saturated heterocycles. The van der Waals surface area contributed by atoms with E-state index in [-0.39, 0.29) is 5.91 Å². The molecule has 0 unspecified atom stereocenters. The quantitative estimate of drug-likeness (QED) is 0.832. The SMILES string of the molecule is CCOc1ccc(/C=C\C(=O)Nc2ccc(N(C)C)cn2)cc1. The summed E-state index contributed by atoms with van der Waals surface area (Å²) < 4.78 is 5.38. The number of nitrogens with one attached hydrogen (secondary N) is 1. The largest absolute Gasteiger partial charge is 0.494 e. The lowest BCUT2D eigenvalue weighted by Crippen LogP contribution is -2.11. The Labute approximate surface area is 136 Å². The van der Waals surface area contributed by atoms with E-state index in [2.05, 4.69) is 10.3 Å². The van der Waals surface area contributed by atoms with Crippen LogP contribution in [0.2, 0.25) is 0 Å². The molecule has 0 spiro atoms. The average Bonchev–Trinajstić information content (AvgIpc) is 2.55. The number of hydrogen-bond donors (Lipinski definition) is 1. The van der Waals surface area contributed by atoms with E-state index in [0.717, 1.165) is 17.0 Å². The fourth-order valence-corrected chi connectivity index (χ4v) is 1.91. The molecule has 1 aromatic carbocycles. The molecule has 1 heterocycles. The maximum atomic E-state index is 11.9. The lowest BCUT2D eigenvalue weighted by Gasteiger charge is -2.11. The third kappa shape index (κ3) is 5.14. The third-order valence-electron chi connectivity index (χ3n) is 3.13. The van der Waals surface area contributed by atoms with Gasteiger partial charge in [0, 0.05) is 20.2 Å². The summed E-state index contributed by atoms with van der Waals surface area (Å²) >= 11 is 0. The molecule has 120 valence electrons. The highest BCUT2D eigenvalue weighted by molar-refractivity contribution is 6.01. The van der Waals surface area contributed by atoms with E-state index in [4.69, 9.17) is 4.74 Å². The number of amides is 1. The minimum atomic E-state index is -0.219. The van der Waals surface area contributed by atoms with Crippen molar-refractivity contribution in [3.63, 3.8) is 0 Å². The van der Waals surface area contributed by atoms with E-state index in [1.807, 2.05) is 56.3 Å². The lowest BCUT2D eigenvalue weighted by molar-refractivity contribution is -0.111. The first-order valence-electron chi connectivity index (χ1n) is 7.44. The van der Waals surface area contributed by atoms with Gasteiger partial charge in [-0.2, -0.15) is 0 Å². The molecule has 0 fully saturated rings. The van der Waals surface area contributed by atoms with E-state index in [9.17, 15) is 4.79 Å². The molecular weight excluding hydrogens is 290 g/mol. The Balaban J connectivity index is 1.93. The average molecular weight is 311 g/mol. The van der Waals surface area contributed by atoms with E-state index < -0.39 is 0 Å². The molecule has 0 saturated carbocycles. The molecular formula is C18H21N3O2. The van der Waals surface area contributed by atoms with Gasteiger partial charge in [-0.25, -0.2) is 4.98 Å². The van der Waals surface area contributed by atoms with Crippen LogP contribution in [0.4, 0.5) is 11.5 Å². The first-order valence-corrected chi connectivity index (χ1v) is 7.44. The second-order valence-corrected chi connectivity index (χ2v) is 5.12. The molecule has 0 aliphatic heterocycles. The highest BCUT2D eigenvalue weighted by Crippen LogP contribution is 2.14. The Morgan fingerprint density at radius 1 is 1.22 bits per heavy atom. The van der Waals surface area contributed by atoms with Crippen molar-refractivity contribution < 1.29 is 9.53 Å². The molecule has 2 rings (SSSR count). The molecule has 0 bridgehead atoms. The number of nitrogens with zero attached hydrogens (tertiary/aromatic N) is 2.